The van der Waals surface area contributed by atoms with Gasteiger partial charge in [0.2, 0.25) is 0 Å². The maximum Gasteiger partial charge on any atom is 0.330 e. The molecule has 1 aliphatic rings. The van der Waals surface area contributed by atoms with Crippen molar-refractivity contribution in [3.63, 3.8) is 0 Å². The molecule has 0 unspecified atom stereocenters. The second kappa shape index (κ2) is 4.45. The molecule has 1 aliphatic carbocycles. The number of carbonyl (C=O) groups excluding carboxylic acids is 1. The van der Waals surface area contributed by atoms with Gasteiger partial charge in [0.05, 0.1) is 6.10 Å². The largest absolute Gasteiger partial charge is 0.460 e. The van der Waals surface area contributed by atoms with E-state index in [1.165, 1.54) is 24.8 Å². The molecule has 0 aromatic carbocycles. The molecule has 0 bridgehead atoms. The monoisotopic (exact) mass is 182 g/mol. The van der Waals surface area contributed by atoms with Gasteiger partial charge in [-0.2, -0.15) is 0 Å². The van der Waals surface area contributed by atoms with E-state index in [4.69, 9.17) is 4.74 Å². The normalized spacial score (nSPS) is 18.6. The van der Waals surface area contributed by atoms with Crippen molar-refractivity contribution in [2.24, 2.45) is 5.92 Å². The minimum Gasteiger partial charge on any atom is -0.460 e. The first-order valence-corrected chi connectivity index (χ1v) is 4.98. The van der Waals surface area contributed by atoms with Crippen molar-refractivity contribution in [2.45, 2.75) is 46.1 Å². The SMILES string of the molecule is C/C(=C\C(=O)OC(C)C)C1CCC1. The predicted molar refractivity (Wildman–Crippen MR) is 52.3 cm³/mol. The predicted octanol–water partition coefficient (Wildman–Crippen LogP) is 2.68. The maximum atomic E-state index is 11.2. The Hall–Kier alpha value is -0.790. The van der Waals surface area contributed by atoms with E-state index in [1.807, 2.05) is 20.8 Å². The highest BCUT2D eigenvalue weighted by Crippen LogP contribution is 2.32. The fourth-order valence-electron chi connectivity index (χ4n) is 1.43. The van der Waals surface area contributed by atoms with E-state index in [0.717, 1.165) is 0 Å². The van der Waals surface area contributed by atoms with Crippen molar-refractivity contribution >= 4 is 5.97 Å². The molecule has 0 spiro atoms. The first kappa shape index (κ1) is 10.3. The summed E-state index contributed by atoms with van der Waals surface area (Å²) in [7, 11) is 0. The molecule has 74 valence electrons. The molecule has 2 nitrogen and oxygen atoms in total. The lowest BCUT2D eigenvalue weighted by Gasteiger charge is -2.26. The number of hydrogen-bond acceptors (Lipinski definition) is 2. The Kier molecular flexibility index (Phi) is 3.52. The van der Waals surface area contributed by atoms with E-state index >= 15 is 0 Å². The van der Waals surface area contributed by atoms with Gasteiger partial charge in [0.1, 0.15) is 0 Å². The second-order valence-electron chi connectivity index (χ2n) is 4.00. The van der Waals surface area contributed by atoms with Crippen molar-refractivity contribution in [2.75, 3.05) is 0 Å². The zero-order valence-corrected chi connectivity index (χ0v) is 8.67. The molecule has 0 aromatic heterocycles. The molecule has 0 amide bonds. The van der Waals surface area contributed by atoms with Crippen molar-refractivity contribution < 1.29 is 9.53 Å². The molecule has 0 atom stereocenters. The first-order valence-electron chi connectivity index (χ1n) is 4.98. The van der Waals surface area contributed by atoms with Gasteiger partial charge in [-0.1, -0.05) is 12.0 Å². The van der Waals surface area contributed by atoms with Gasteiger partial charge in [0, 0.05) is 6.08 Å². The van der Waals surface area contributed by atoms with Crippen LogP contribution in [0.3, 0.4) is 0 Å². The van der Waals surface area contributed by atoms with Gasteiger partial charge < -0.3 is 4.74 Å². The van der Waals surface area contributed by atoms with Crippen molar-refractivity contribution in [1.82, 2.24) is 0 Å². The molecule has 0 aliphatic heterocycles. The van der Waals surface area contributed by atoms with Crippen LogP contribution in [0.5, 0.6) is 0 Å². The third-order valence-corrected chi connectivity index (χ3v) is 2.45. The van der Waals surface area contributed by atoms with Gasteiger partial charge in [-0.3, -0.25) is 0 Å². The second-order valence-corrected chi connectivity index (χ2v) is 4.00. The Bertz CT molecular complexity index is 212. The average Bonchev–Trinajstić information content (AvgIpc) is 1.78. The van der Waals surface area contributed by atoms with Crippen LogP contribution in [0.1, 0.15) is 40.0 Å². The van der Waals surface area contributed by atoms with Crippen LogP contribution in [0.15, 0.2) is 11.6 Å². The van der Waals surface area contributed by atoms with Gasteiger partial charge in [0.25, 0.3) is 0 Å². The number of allylic oxidation sites excluding steroid dienone is 1. The zero-order chi connectivity index (χ0) is 9.84. The van der Waals surface area contributed by atoms with E-state index in [-0.39, 0.29) is 12.1 Å². The quantitative estimate of drug-likeness (QED) is 0.495. The molecule has 1 fully saturated rings. The smallest absolute Gasteiger partial charge is 0.330 e. The number of carbonyl (C=O) groups is 1. The fourth-order valence-corrected chi connectivity index (χ4v) is 1.43. The van der Waals surface area contributed by atoms with Crippen molar-refractivity contribution in [1.29, 1.82) is 0 Å². The Labute approximate surface area is 80.0 Å². The summed E-state index contributed by atoms with van der Waals surface area (Å²) in [6, 6.07) is 0. The average molecular weight is 182 g/mol. The van der Waals surface area contributed by atoms with Crippen LogP contribution in [0, 0.1) is 5.92 Å². The summed E-state index contributed by atoms with van der Waals surface area (Å²) in [6.45, 7) is 5.75. The van der Waals surface area contributed by atoms with Crippen LogP contribution in [0.25, 0.3) is 0 Å². The third-order valence-electron chi connectivity index (χ3n) is 2.45. The molecule has 1 saturated carbocycles. The van der Waals surface area contributed by atoms with E-state index in [9.17, 15) is 4.79 Å². The van der Waals surface area contributed by atoms with Crippen molar-refractivity contribution in [3.8, 4) is 0 Å². The minimum absolute atomic E-state index is 0.0158. The first-order chi connectivity index (χ1) is 6.09. The molecule has 0 N–H and O–H groups in total. The molecule has 0 heterocycles. The van der Waals surface area contributed by atoms with Gasteiger partial charge in [-0.05, 0) is 39.5 Å². The molecule has 0 radical (unpaired) electrons. The van der Waals surface area contributed by atoms with Crippen molar-refractivity contribution in [3.05, 3.63) is 11.6 Å². The Balaban J connectivity index is 2.39. The molecule has 0 saturated heterocycles. The van der Waals surface area contributed by atoms with Gasteiger partial charge in [-0.15, -0.1) is 0 Å². The Morgan fingerprint density at radius 1 is 1.46 bits per heavy atom. The van der Waals surface area contributed by atoms with Crippen LogP contribution in [0.4, 0.5) is 0 Å². The lowest BCUT2D eigenvalue weighted by Crippen LogP contribution is -2.15. The lowest BCUT2D eigenvalue weighted by atomic mass is 9.80. The van der Waals surface area contributed by atoms with Gasteiger partial charge in [-0.25, -0.2) is 4.79 Å². The number of hydrogen-bond donors (Lipinski definition) is 0. The lowest BCUT2D eigenvalue weighted by molar-refractivity contribution is -0.141. The Morgan fingerprint density at radius 3 is 2.46 bits per heavy atom. The number of rotatable bonds is 3. The van der Waals surface area contributed by atoms with Crippen LogP contribution in [-0.4, -0.2) is 12.1 Å². The highest BCUT2D eigenvalue weighted by atomic mass is 16.5. The summed E-state index contributed by atoms with van der Waals surface area (Å²) in [4.78, 5) is 11.2. The summed E-state index contributed by atoms with van der Waals surface area (Å²) in [6.07, 6.45) is 5.39. The van der Waals surface area contributed by atoms with Gasteiger partial charge in [0.15, 0.2) is 0 Å². The molecular formula is C11H18O2. The highest BCUT2D eigenvalue weighted by Gasteiger charge is 2.19. The molecule has 0 aromatic rings. The number of ether oxygens (including phenoxy) is 1. The summed E-state index contributed by atoms with van der Waals surface area (Å²) < 4.78 is 5.02. The molecule has 13 heavy (non-hydrogen) atoms. The van der Waals surface area contributed by atoms with Crippen LogP contribution in [-0.2, 0) is 9.53 Å². The third kappa shape index (κ3) is 3.21. The van der Waals surface area contributed by atoms with Crippen LogP contribution in [0.2, 0.25) is 0 Å². The maximum absolute atomic E-state index is 11.2. The van der Waals surface area contributed by atoms with Crippen LogP contribution >= 0.6 is 0 Å². The summed E-state index contributed by atoms with van der Waals surface area (Å²) in [5, 5.41) is 0. The van der Waals surface area contributed by atoms with E-state index in [0.29, 0.717) is 5.92 Å². The fraction of sp³-hybridized carbons (Fsp3) is 0.727. The van der Waals surface area contributed by atoms with E-state index in [2.05, 4.69) is 0 Å². The van der Waals surface area contributed by atoms with E-state index < -0.39 is 0 Å². The van der Waals surface area contributed by atoms with Gasteiger partial charge >= 0.3 is 5.97 Å². The summed E-state index contributed by atoms with van der Waals surface area (Å²) in [5.41, 5.74) is 1.18. The summed E-state index contributed by atoms with van der Waals surface area (Å²) in [5.74, 6) is 0.444. The van der Waals surface area contributed by atoms with Crippen LogP contribution < -0.4 is 0 Å². The minimum atomic E-state index is -0.195. The molecular weight excluding hydrogens is 164 g/mol. The highest BCUT2D eigenvalue weighted by molar-refractivity contribution is 5.82. The zero-order valence-electron chi connectivity index (χ0n) is 8.67. The standard InChI is InChI=1S/C11H18O2/c1-8(2)13-11(12)7-9(3)10-5-4-6-10/h7-8,10H,4-6H2,1-3H3/b9-7+. The molecule has 2 heteroatoms. The van der Waals surface area contributed by atoms with E-state index in [1.54, 1.807) is 6.08 Å². The Morgan fingerprint density at radius 2 is 2.08 bits per heavy atom. The summed E-state index contributed by atoms with van der Waals surface area (Å²) >= 11 is 0. The topological polar surface area (TPSA) is 26.3 Å². The number of esters is 1. The molecule has 1 rings (SSSR count).